The van der Waals surface area contributed by atoms with Crippen molar-refractivity contribution in [3.63, 3.8) is 0 Å². The Morgan fingerprint density at radius 3 is 1.94 bits per heavy atom. The van der Waals surface area contributed by atoms with E-state index in [1.807, 2.05) is 6.92 Å². The van der Waals surface area contributed by atoms with E-state index in [9.17, 15) is 10.2 Å². The number of allylic oxidation sites excluding steroid dienone is 5. The van der Waals surface area contributed by atoms with Crippen molar-refractivity contribution >= 4 is 0 Å². The third-order valence-corrected chi connectivity index (χ3v) is 9.26. The number of aliphatic hydroxyl groups excluding tert-OH is 2. The minimum absolute atomic E-state index is 0.0791. The number of hydrogen-bond donors (Lipinski definition) is 3. The molecule has 0 amide bonds. The van der Waals surface area contributed by atoms with Crippen LogP contribution in [0.5, 0.6) is 0 Å². The second kappa shape index (κ2) is 11.7. The third kappa shape index (κ3) is 7.05. The van der Waals surface area contributed by atoms with Crippen molar-refractivity contribution in [1.82, 2.24) is 0 Å². The van der Waals surface area contributed by atoms with Crippen molar-refractivity contribution in [2.75, 3.05) is 6.61 Å². The summed E-state index contributed by atoms with van der Waals surface area (Å²) in [7, 11) is 0. The molecule has 0 radical (unpaired) electrons. The Labute approximate surface area is 204 Å². The quantitative estimate of drug-likeness (QED) is 0.304. The summed E-state index contributed by atoms with van der Waals surface area (Å²) in [6.45, 7) is 15.5. The van der Waals surface area contributed by atoms with Crippen LogP contribution in [0.2, 0.25) is 0 Å². The van der Waals surface area contributed by atoms with Crippen LogP contribution < -0.4 is 0 Å². The van der Waals surface area contributed by atoms with Gasteiger partial charge in [-0.25, -0.2) is 0 Å². The van der Waals surface area contributed by atoms with E-state index in [-0.39, 0.29) is 29.5 Å². The van der Waals surface area contributed by atoms with Gasteiger partial charge in [-0.1, -0.05) is 55.7 Å². The molecule has 5 unspecified atom stereocenters. The maximum atomic E-state index is 11.4. The van der Waals surface area contributed by atoms with Crippen LogP contribution in [-0.2, 0) is 0 Å². The zero-order valence-corrected chi connectivity index (χ0v) is 22.6. The molecule has 0 aromatic carbocycles. The second-order valence-electron chi connectivity index (χ2n) is 12.3. The van der Waals surface area contributed by atoms with Crippen LogP contribution in [0, 0.1) is 22.7 Å². The minimum atomic E-state index is -0.617. The molecule has 3 nitrogen and oxygen atoms in total. The van der Waals surface area contributed by atoms with E-state index in [2.05, 4.69) is 59.8 Å². The monoisotopic (exact) mass is 460 g/mol. The first-order valence-electron chi connectivity index (χ1n) is 13.3. The van der Waals surface area contributed by atoms with E-state index in [4.69, 9.17) is 5.11 Å². The van der Waals surface area contributed by atoms with Gasteiger partial charge in [0, 0.05) is 0 Å². The van der Waals surface area contributed by atoms with Gasteiger partial charge in [0.25, 0.3) is 0 Å². The molecule has 190 valence electrons. The lowest BCUT2D eigenvalue weighted by Gasteiger charge is -2.62. The summed E-state index contributed by atoms with van der Waals surface area (Å²) in [6, 6.07) is 0. The Kier molecular flexibility index (Phi) is 10.0. The van der Waals surface area contributed by atoms with E-state index in [0.29, 0.717) is 5.92 Å². The van der Waals surface area contributed by atoms with Crippen LogP contribution in [0.25, 0.3) is 0 Å². The molecule has 2 saturated carbocycles. The molecule has 0 saturated heterocycles. The Morgan fingerprint density at radius 1 is 0.818 bits per heavy atom. The van der Waals surface area contributed by atoms with Gasteiger partial charge in [-0.3, -0.25) is 0 Å². The summed E-state index contributed by atoms with van der Waals surface area (Å²) in [6.07, 6.45) is 16.6. The van der Waals surface area contributed by atoms with E-state index in [1.165, 1.54) is 11.1 Å². The molecule has 0 bridgehead atoms. The van der Waals surface area contributed by atoms with Crippen LogP contribution >= 0.6 is 0 Å². The molecule has 0 aromatic heterocycles. The van der Waals surface area contributed by atoms with Crippen molar-refractivity contribution in [1.29, 1.82) is 0 Å². The molecule has 0 aliphatic heterocycles. The van der Waals surface area contributed by atoms with Crippen LogP contribution in [0.3, 0.4) is 0 Å². The van der Waals surface area contributed by atoms with Crippen molar-refractivity contribution in [3.8, 4) is 0 Å². The predicted molar refractivity (Wildman–Crippen MR) is 140 cm³/mol. The fourth-order valence-corrected chi connectivity index (χ4v) is 7.01. The van der Waals surface area contributed by atoms with E-state index in [1.54, 1.807) is 0 Å². The van der Waals surface area contributed by atoms with Crippen molar-refractivity contribution in [3.05, 3.63) is 34.9 Å². The minimum Gasteiger partial charge on any atom is -0.393 e. The van der Waals surface area contributed by atoms with Crippen LogP contribution in [0.1, 0.15) is 113 Å². The number of rotatable bonds is 10. The number of fused-ring (bicyclic) bond motifs is 1. The fraction of sp³-hybridized carbons (Fsp3) is 0.800. The molecular weight excluding hydrogens is 408 g/mol. The lowest BCUT2D eigenvalue weighted by atomic mass is 9.44. The molecule has 3 N–H and O–H groups in total. The summed E-state index contributed by atoms with van der Waals surface area (Å²) < 4.78 is 0. The average molecular weight is 461 g/mol. The molecule has 0 heterocycles. The molecule has 3 heteroatoms. The summed E-state index contributed by atoms with van der Waals surface area (Å²) in [5, 5.41) is 31.1. The Bertz CT molecular complexity index is 727. The van der Waals surface area contributed by atoms with Crippen molar-refractivity contribution in [2.45, 2.75) is 124 Å². The average Bonchev–Trinajstić information content (AvgIpc) is 2.72. The van der Waals surface area contributed by atoms with Gasteiger partial charge in [0.05, 0.1) is 18.3 Å². The summed E-state index contributed by atoms with van der Waals surface area (Å²) in [5.74, 6) is 0.741. The Balaban J connectivity index is 1.92. The van der Waals surface area contributed by atoms with Gasteiger partial charge < -0.3 is 15.3 Å². The lowest BCUT2D eigenvalue weighted by molar-refractivity contribution is -0.195. The van der Waals surface area contributed by atoms with Gasteiger partial charge in [0.2, 0.25) is 0 Å². The SMILES string of the molecule is C/C(=C\CC/C(C)=C/CC/C(C)=C/CCC1C(C)(O)CCC2C(C)(C)C(O)CCC12C)CO. The van der Waals surface area contributed by atoms with E-state index in [0.717, 1.165) is 69.8 Å². The highest BCUT2D eigenvalue weighted by Gasteiger charge is 2.59. The summed E-state index contributed by atoms with van der Waals surface area (Å²) >= 11 is 0. The molecule has 0 aromatic rings. The maximum absolute atomic E-state index is 11.4. The van der Waals surface area contributed by atoms with Crippen LogP contribution in [0.4, 0.5) is 0 Å². The molecule has 5 atom stereocenters. The van der Waals surface area contributed by atoms with E-state index < -0.39 is 5.60 Å². The zero-order chi connectivity index (χ0) is 24.9. The standard InChI is InChI=1S/C30H52O3/c1-22(13-9-15-24(3)21-31)11-8-12-23(2)14-10-16-26-29(6)19-18-27(32)28(4,5)25(29)17-20-30(26,7)33/h11,14-15,25-27,31-33H,8-10,12-13,16-21H2,1-7H3/b22-11+,23-14+,24-15+. The highest BCUT2D eigenvalue weighted by molar-refractivity contribution is 5.11. The first-order valence-corrected chi connectivity index (χ1v) is 13.3. The van der Waals surface area contributed by atoms with Crippen molar-refractivity contribution < 1.29 is 15.3 Å². The molecule has 33 heavy (non-hydrogen) atoms. The molecule has 2 fully saturated rings. The van der Waals surface area contributed by atoms with Gasteiger partial charge >= 0.3 is 0 Å². The van der Waals surface area contributed by atoms with Gasteiger partial charge in [-0.05, 0) is 115 Å². The highest BCUT2D eigenvalue weighted by atomic mass is 16.3. The molecule has 2 rings (SSSR count). The zero-order valence-electron chi connectivity index (χ0n) is 22.6. The molecular formula is C30H52O3. The van der Waals surface area contributed by atoms with Crippen LogP contribution in [0.15, 0.2) is 34.9 Å². The van der Waals surface area contributed by atoms with Crippen LogP contribution in [-0.4, -0.2) is 33.6 Å². The first kappa shape index (κ1) is 28.3. The smallest absolute Gasteiger partial charge is 0.0653 e. The number of aliphatic hydroxyl groups is 3. The Hall–Kier alpha value is -0.900. The normalized spacial score (nSPS) is 35.5. The summed E-state index contributed by atoms with van der Waals surface area (Å²) in [5.41, 5.74) is 3.30. The second-order valence-corrected chi connectivity index (χ2v) is 12.3. The molecule has 2 aliphatic rings. The summed E-state index contributed by atoms with van der Waals surface area (Å²) in [4.78, 5) is 0. The highest BCUT2D eigenvalue weighted by Crippen LogP contribution is 2.62. The lowest BCUT2D eigenvalue weighted by Crippen LogP contribution is -2.60. The van der Waals surface area contributed by atoms with Gasteiger partial charge in [0.15, 0.2) is 0 Å². The molecule has 2 aliphatic carbocycles. The maximum Gasteiger partial charge on any atom is 0.0653 e. The van der Waals surface area contributed by atoms with E-state index >= 15 is 0 Å². The number of hydrogen-bond acceptors (Lipinski definition) is 3. The third-order valence-electron chi connectivity index (χ3n) is 9.26. The van der Waals surface area contributed by atoms with Gasteiger partial charge in [-0.15, -0.1) is 0 Å². The predicted octanol–water partition coefficient (Wildman–Crippen LogP) is 7.12. The van der Waals surface area contributed by atoms with Gasteiger partial charge in [0.1, 0.15) is 0 Å². The van der Waals surface area contributed by atoms with Crippen molar-refractivity contribution in [2.24, 2.45) is 22.7 Å². The topological polar surface area (TPSA) is 60.7 Å². The first-order chi connectivity index (χ1) is 15.3. The fourth-order valence-electron chi connectivity index (χ4n) is 7.01. The van der Waals surface area contributed by atoms with Gasteiger partial charge in [-0.2, -0.15) is 0 Å². The Morgan fingerprint density at radius 2 is 1.36 bits per heavy atom. The largest absolute Gasteiger partial charge is 0.393 e. The molecule has 0 spiro atoms.